The van der Waals surface area contributed by atoms with Crippen molar-refractivity contribution in [3.63, 3.8) is 0 Å². The lowest BCUT2D eigenvalue weighted by molar-refractivity contribution is 0.244. The molecule has 0 radical (unpaired) electrons. The lowest BCUT2D eigenvalue weighted by Crippen LogP contribution is -2.22. The predicted octanol–water partition coefficient (Wildman–Crippen LogP) is 3.69. The smallest absolute Gasteiger partial charge is 0.198 e. The third-order valence-corrected chi connectivity index (χ3v) is 4.52. The van der Waals surface area contributed by atoms with E-state index in [1.54, 1.807) is 13.4 Å². The van der Waals surface area contributed by atoms with Crippen LogP contribution in [0.5, 0.6) is 5.75 Å². The Bertz CT molecular complexity index is 899. The number of hydrogen-bond acceptors (Lipinski definition) is 4. The Balaban J connectivity index is 1.73. The summed E-state index contributed by atoms with van der Waals surface area (Å²) in [4.78, 5) is 2.20. The van der Waals surface area contributed by atoms with Crippen LogP contribution in [-0.2, 0) is 19.8 Å². The van der Waals surface area contributed by atoms with E-state index >= 15 is 0 Å². The van der Waals surface area contributed by atoms with Crippen LogP contribution in [0.1, 0.15) is 12.5 Å². The van der Waals surface area contributed by atoms with Crippen molar-refractivity contribution in [1.29, 1.82) is 0 Å². The van der Waals surface area contributed by atoms with Crippen LogP contribution in [0.2, 0.25) is 0 Å². The first-order chi connectivity index (χ1) is 11.6. The van der Waals surface area contributed by atoms with Crippen molar-refractivity contribution in [2.45, 2.75) is 26.7 Å². The van der Waals surface area contributed by atoms with Crippen molar-refractivity contribution in [1.82, 2.24) is 19.2 Å². The van der Waals surface area contributed by atoms with Gasteiger partial charge in [0.15, 0.2) is 4.77 Å². The molecule has 2 aromatic carbocycles. The lowest BCUT2D eigenvalue weighted by atomic mass is 10.1. The molecule has 0 bridgehead atoms. The number of fused-ring (bicyclic) bond motifs is 1. The zero-order valence-electron chi connectivity index (χ0n) is 14.3. The fourth-order valence-corrected chi connectivity index (χ4v) is 3.06. The molecule has 24 heavy (non-hydrogen) atoms. The second-order valence-electron chi connectivity index (χ2n) is 5.90. The summed E-state index contributed by atoms with van der Waals surface area (Å²) in [5, 5.41) is 6.76. The summed E-state index contributed by atoms with van der Waals surface area (Å²) in [7, 11) is 3.76. The third kappa shape index (κ3) is 3.49. The van der Waals surface area contributed by atoms with Crippen molar-refractivity contribution in [3.05, 3.63) is 53.1 Å². The van der Waals surface area contributed by atoms with Gasteiger partial charge in [-0.1, -0.05) is 18.2 Å². The summed E-state index contributed by atoms with van der Waals surface area (Å²) in [5.41, 5.74) is 1.26. The van der Waals surface area contributed by atoms with E-state index in [1.807, 2.05) is 15.3 Å². The van der Waals surface area contributed by atoms with E-state index in [0.717, 1.165) is 23.6 Å². The van der Waals surface area contributed by atoms with E-state index in [1.165, 1.54) is 16.3 Å². The third-order valence-electron chi connectivity index (χ3n) is 4.08. The second kappa shape index (κ2) is 7.15. The summed E-state index contributed by atoms with van der Waals surface area (Å²) >= 11 is 5.42. The monoisotopic (exact) mass is 342 g/mol. The van der Waals surface area contributed by atoms with Crippen molar-refractivity contribution < 1.29 is 4.74 Å². The Hall–Kier alpha value is -2.18. The zero-order chi connectivity index (χ0) is 17.1. The highest BCUT2D eigenvalue weighted by Gasteiger charge is 2.06. The van der Waals surface area contributed by atoms with Gasteiger partial charge in [0.05, 0.1) is 13.8 Å². The maximum absolute atomic E-state index is 5.42. The molecule has 0 spiro atoms. The molecular formula is C18H22N4OS. The first kappa shape index (κ1) is 16.7. The van der Waals surface area contributed by atoms with Gasteiger partial charge < -0.3 is 9.30 Å². The number of nitrogens with zero attached hydrogens (tertiary/aromatic N) is 4. The van der Waals surface area contributed by atoms with Gasteiger partial charge in [0, 0.05) is 13.1 Å². The highest BCUT2D eigenvalue weighted by molar-refractivity contribution is 7.71. The van der Waals surface area contributed by atoms with Gasteiger partial charge >= 0.3 is 0 Å². The summed E-state index contributed by atoms with van der Waals surface area (Å²) < 4.78 is 9.85. The molecule has 0 saturated carbocycles. The van der Waals surface area contributed by atoms with Crippen LogP contribution in [-0.4, -0.2) is 33.4 Å². The number of benzene rings is 2. The molecule has 0 N–H and O–H groups in total. The van der Waals surface area contributed by atoms with Gasteiger partial charge in [0.25, 0.3) is 0 Å². The Morgan fingerprint density at radius 3 is 2.62 bits per heavy atom. The van der Waals surface area contributed by atoms with Gasteiger partial charge in [0.2, 0.25) is 0 Å². The normalized spacial score (nSPS) is 11.3. The molecule has 0 unspecified atom stereocenters. The van der Waals surface area contributed by atoms with Crippen LogP contribution in [0.3, 0.4) is 0 Å². The van der Waals surface area contributed by atoms with Crippen molar-refractivity contribution >= 4 is 23.0 Å². The molecule has 0 aliphatic carbocycles. The van der Waals surface area contributed by atoms with Crippen LogP contribution in [0.4, 0.5) is 0 Å². The molecular weight excluding hydrogens is 320 g/mol. The minimum absolute atomic E-state index is 0.673. The topological polar surface area (TPSA) is 35.2 Å². The quantitative estimate of drug-likeness (QED) is 0.640. The van der Waals surface area contributed by atoms with Gasteiger partial charge in [-0.2, -0.15) is 5.10 Å². The molecule has 126 valence electrons. The van der Waals surface area contributed by atoms with Crippen LogP contribution in [0.25, 0.3) is 10.8 Å². The highest BCUT2D eigenvalue weighted by Crippen LogP contribution is 2.22. The largest absolute Gasteiger partial charge is 0.497 e. The zero-order valence-corrected chi connectivity index (χ0v) is 15.1. The molecule has 0 saturated heterocycles. The summed E-state index contributed by atoms with van der Waals surface area (Å²) in [6.45, 7) is 4.42. The molecule has 0 aliphatic rings. The van der Waals surface area contributed by atoms with E-state index in [-0.39, 0.29) is 0 Å². The number of ether oxygens (including phenoxy) is 1. The molecule has 0 aliphatic heterocycles. The molecule has 3 rings (SSSR count). The standard InChI is InChI=1S/C18H22N4OS/c1-4-21-12-19-22(18(21)24)13-20(2)11-14-5-6-16-10-17(23-3)8-7-15(16)9-14/h5-10,12H,4,11,13H2,1-3H3. The van der Waals surface area contributed by atoms with Crippen molar-refractivity contribution in [2.75, 3.05) is 14.2 Å². The molecule has 1 heterocycles. The second-order valence-corrected chi connectivity index (χ2v) is 6.27. The van der Waals surface area contributed by atoms with E-state index in [2.05, 4.69) is 54.3 Å². The molecule has 0 fully saturated rings. The van der Waals surface area contributed by atoms with Gasteiger partial charge in [-0.05, 0) is 60.7 Å². The molecule has 0 amide bonds. The first-order valence-corrected chi connectivity index (χ1v) is 8.39. The maximum Gasteiger partial charge on any atom is 0.198 e. The molecule has 6 heteroatoms. The Morgan fingerprint density at radius 2 is 1.92 bits per heavy atom. The van der Waals surface area contributed by atoms with E-state index in [0.29, 0.717) is 6.67 Å². The van der Waals surface area contributed by atoms with Crippen molar-refractivity contribution in [3.8, 4) is 5.75 Å². The van der Waals surface area contributed by atoms with Gasteiger partial charge in [-0.25, -0.2) is 4.68 Å². The van der Waals surface area contributed by atoms with Crippen LogP contribution < -0.4 is 4.74 Å². The lowest BCUT2D eigenvalue weighted by Gasteiger charge is -2.17. The summed E-state index contributed by atoms with van der Waals surface area (Å²) in [5.74, 6) is 0.883. The fraction of sp³-hybridized carbons (Fsp3) is 0.333. The van der Waals surface area contributed by atoms with Crippen LogP contribution in [0, 0.1) is 4.77 Å². The summed E-state index contributed by atoms with van der Waals surface area (Å²) in [6, 6.07) is 12.7. The van der Waals surface area contributed by atoms with Crippen LogP contribution >= 0.6 is 12.2 Å². The molecule has 0 atom stereocenters. The van der Waals surface area contributed by atoms with Gasteiger partial charge in [-0.15, -0.1) is 0 Å². The van der Waals surface area contributed by atoms with E-state index in [9.17, 15) is 0 Å². The Morgan fingerprint density at radius 1 is 1.17 bits per heavy atom. The molecule has 3 aromatic rings. The van der Waals surface area contributed by atoms with Gasteiger partial charge in [-0.3, -0.25) is 4.90 Å². The predicted molar refractivity (Wildman–Crippen MR) is 98.7 cm³/mol. The number of aryl methyl sites for hydroxylation is 1. The average Bonchev–Trinajstić information content (AvgIpc) is 2.94. The fourth-order valence-electron chi connectivity index (χ4n) is 2.77. The van der Waals surface area contributed by atoms with Gasteiger partial charge in [0.1, 0.15) is 12.1 Å². The number of rotatable bonds is 6. The highest BCUT2D eigenvalue weighted by atomic mass is 32.1. The van der Waals surface area contributed by atoms with E-state index in [4.69, 9.17) is 17.0 Å². The number of hydrogen-bond donors (Lipinski definition) is 0. The Kier molecular flexibility index (Phi) is 4.97. The van der Waals surface area contributed by atoms with Crippen LogP contribution in [0.15, 0.2) is 42.7 Å². The number of aromatic nitrogens is 3. The minimum Gasteiger partial charge on any atom is -0.497 e. The molecule has 1 aromatic heterocycles. The first-order valence-electron chi connectivity index (χ1n) is 7.98. The Labute approximate surface area is 147 Å². The van der Waals surface area contributed by atoms with Crippen molar-refractivity contribution in [2.24, 2.45) is 0 Å². The maximum atomic E-state index is 5.42. The van der Waals surface area contributed by atoms with E-state index < -0.39 is 0 Å². The number of methoxy groups -OCH3 is 1. The average molecular weight is 342 g/mol. The SMILES string of the molecule is CCn1cnn(CN(C)Cc2ccc3cc(OC)ccc3c2)c1=S. The molecule has 5 nitrogen and oxygen atoms in total. The minimum atomic E-state index is 0.673. The summed E-state index contributed by atoms with van der Waals surface area (Å²) in [6.07, 6.45) is 1.79.